The lowest BCUT2D eigenvalue weighted by Crippen LogP contribution is -2.43. The van der Waals surface area contributed by atoms with Crippen LogP contribution in [-0.2, 0) is 9.53 Å². The molecule has 1 fully saturated rings. The van der Waals surface area contributed by atoms with E-state index in [9.17, 15) is 9.18 Å². The van der Waals surface area contributed by atoms with Crippen molar-refractivity contribution < 1.29 is 13.9 Å². The molecule has 1 unspecified atom stereocenters. The van der Waals surface area contributed by atoms with Crippen molar-refractivity contribution in [3.8, 4) is 0 Å². The summed E-state index contributed by atoms with van der Waals surface area (Å²) in [6, 6.07) is 16.4. The lowest BCUT2D eigenvalue weighted by atomic mass is 10.1. The molecule has 2 aromatic carbocycles. The number of benzene rings is 2. The molecule has 0 aliphatic carbocycles. The largest absolute Gasteiger partial charge is 0.379 e. The maximum Gasteiger partial charge on any atom is 0.230 e. The molecule has 0 aromatic heterocycles. The summed E-state index contributed by atoms with van der Waals surface area (Å²) in [6.45, 7) is 3.91. The van der Waals surface area contributed by atoms with Gasteiger partial charge in [0.25, 0.3) is 0 Å². The van der Waals surface area contributed by atoms with Crippen molar-refractivity contribution in [3.05, 3.63) is 66.0 Å². The molecule has 6 heteroatoms. The second kappa shape index (κ2) is 9.71. The maximum atomic E-state index is 13.7. The highest BCUT2D eigenvalue weighted by atomic mass is 32.2. The van der Waals surface area contributed by atoms with E-state index in [1.165, 1.54) is 17.8 Å². The quantitative estimate of drug-likeness (QED) is 0.756. The van der Waals surface area contributed by atoms with E-state index in [2.05, 4.69) is 10.2 Å². The molecule has 2 aromatic rings. The maximum absolute atomic E-state index is 13.7. The van der Waals surface area contributed by atoms with E-state index in [1.54, 1.807) is 18.2 Å². The molecule has 0 bridgehead atoms. The molecule has 4 nitrogen and oxygen atoms in total. The topological polar surface area (TPSA) is 41.6 Å². The molecule has 0 spiro atoms. The van der Waals surface area contributed by atoms with Crippen molar-refractivity contribution >= 4 is 17.7 Å². The molecule has 3 rings (SSSR count). The van der Waals surface area contributed by atoms with Crippen molar-refractivity contribution in [2.24, 2.45) is 0 Å². The van der Waals surface area contributed by atoms with Gasteiger partial charge >= 0.3 is 0 Å². The van der Waals surface area contributed by atoms with E-state index in [0.29, 0.717) is 4.90 Å². The van der Waals surface area contributed by atoms with Gasteiger partial charge in [-0.1, -0.05) is 42.5 Å². The first-order chi connectivity index (χ1) is 12.7. The van der Waals surface area contributed by atoms with Crippen LogP contribution in [0.3, 0.4) is 0 Å². The van der Waals surface area contributed by atoms with Crippen LogP contribution in [-0.4, -0.2) is 49.4 Å². The zero-order valence-electron chi connectivity index (χ0n) is 14.6. The van der Waals surface area contributed by atoms with Gasteiger partial charge in [-0.25, -0.2) is 4.39 Å². The second-order valence-corrected chi connectivity index (χ2v) is 7.18. The average Bonchev–Trinajstić information content (AvgIpc) is 2.68. The van der Waals surface area contributed by atoms with Crippen LogP contribution in [0.2, 0.25) is 0 Å². The molecule has 26 heavy (non-hydrogen) atoms. The minimum Gasteiger partial charge on any atom is -0.379 e. The fourth-order valence-electron chi connectivity index (χ4n) is 2.90. The Kier molecular flexibility index (Phi) is 7.05. The zero-order chi connectivity index (χ0) is 18.2. The number of morpholine rings is 1. The number of halogens is 1. The summed E-state index contributed by atoms with van der Waals surface area (Å²) in [5.41, 5.74) is 1.07. The van der Waals surface area contributed by atoms with Gasteiger partial charge in [-0.15, -0.1) is 11.8 Å². The summed E-state index contributed by atoms with van der Waals surface area (Å²) in [6.07, 6.45) is 0. The van der Waals surface area contributed by atoms with Crippen molar-refractivity contribution in [1.29, 1.82) is 0 Å². The van der Waals surface area contributed by atoms with Crippen LogP contribution >= 0.6 is 11.8 Å². The zero-order valence-corrected chi connectivity index (χ0v) is 15.4. The van der Waals surface area contributed by atoms with Crippen LogP contribution in [0, 0.1) is 5.82 Å². The molecule has 138 valence electrons. The van der Waals surface area contributed by atoms with Crippen LogP contribution in [0.1, 0.15) is 11.6 Å². The number of nitrogens with zero attached hydrogens (tertiary/aromatic N) is 1. The lowest BCUT2D eigenvalue weighted by molar-refractivity contribution is -0.119. The number of hydrogen-bond acceptors (Lipinski definition) is 4. The summed E-state index contributed by atoms with van der Waals surface area (Å²) in [7, 11) is 0. The molecular weight excluding hydrogens is 351 g/mol. The SMILES string of the molecule is O=C(CSc1ccccc1F)NC(CN1CCOCC1)c1ccccc1. The summed E-state index contributed by atoms with van der Waals surface area (Å²) in [5.74, 6) is -0.202. The first-order valence-corrected chi connectivity index (χ1v) is 9.72. The van der Waals surface area contributed by atoms with E-state index >= 15 is 0 Å². The second-order valence-electron chi connectivity index (χ2n) is 6.16. The van der Waals surface area contributed by atoms with Crippen molar-refractivity contribution in [2.45, 2.75) is 10.9 Å². The third kappa shape index (κ3) is 5.56. The monoisotopic (exact) mass is 374 g/mol. The highest BCUT2D eigenvalue weighted by molar-refractivity contribution is 8.00. The molecule has 0 radical (unpaired) electrons. The fourth-order valence-corrected chi connectivity index (χ4v) is 3.65. The molecule has 1 saturated heterocycles. The van der Waals surface area contributed by atoms with Crippen LogP contribution in [0.25, 0.3) is 0 Å². The number of carbonyl (C=O) groups excluding carboxylic acids is 1. The van der Waals surface area contributed by atoms with Gasteiger partial charge in [0.2, 0.25) is 5.91 Å². The first-order valence-electron chi connectivity index (χ1n) is 8.74. The minimum atomic E-state index is -0.293. The number of rotatable bonds is 7. The van der Waals surface area contributed by atoms with E-state index < -0.39 is 0 Å². The Morgan fingerprint density at radius 3 is 2.54 bits per heavy atom. The predicted molar refractivity (Wildman–Crippen MR) is 102 cm³/mol. The molecule has 1 atom stereocenters. The summed E-state index contributed by atoms with van der Waals surface area (Å²) in [4.78, 5) is 15.2. The van der Waals surface area contributed by atoms with E-state index in [1.807, 2.05) is 30.3 Å². The van der Waals surface area contributed by atoms with Gasteiger partial charge in [0.05, 0.1) is 25.0 Å². The van der Waals surface area contributed by atoms with E-state index in [-0.39, 0.29) is 23.5 Å². The predicted octanol–water partition coefficient (Wildman–Crippen LogP) is 3.11. The van der Waals surface area contributed by atoms with Crippen LogP contribution in [0.4, 0.5) is 4.39 Å². The summed E-state index contributed by atoms with van der Waals surface area (Å²) in [5, 5.41) is 3.11. The number of ether oxygens (including phenoxy) is 1. The Morgan fingerprint density at radius 2 is 1.81 bits per heavy atom. The fraction of sp³-hybridized carbons (Fsp3) is 0.350. The third-order valence-corrected chi connectivity index (χ3v) is 5.33. The normalized spacial score (nSPS) is 16.2. The summed E-state index contributed by atoms with van der Waals surface area (Å²) >= 11 is 1.22. The molecule has 1 heterocycles. The van der Waals surface area contributed by atoms with Crippen molar-refractivity contribution in [1.82, 2.24) is 10.2 Å². The molecular formula is C20H23FN2O2S. The van der Waals surface area contributed by atoms with Crippen molar-refractivity contribution in [2.75, 3.05) is 38.6 Å². The van der Waals surface area contributed by atoms with Crippen molar-refractivity contribution in [3.63, 3.8) is 0 Å². The Labute approximate surface area is 157 Å². The Morgan fingerprint density at radius 1 is 1.12 bits per heavy atom. The number of amides is 1. The molecule has 1 aliphatic heterocycles. The van der Waals surface area contributed by atoms with Gasteiger partial charge in [-0.05, 0) is 17.7 Å². The summed E-state index contributed by atoms with van der Waals surface area (Å²) < 4.78 is 19.1. The standard InChI is InChI=1S/C20H23FN2O2S/c21-17-8-4-5-9-19(17)26-15-20(24)22-18(16-6-2-1-3-7-16)14-23-10-12-25-13-11-23/h1-9,18H,10-15H2,(H,22,24). The Bertz CT molecular complexity index is 708. The van der Waals surface area contributed by atoms with E-state index in [4.69, 9.17) is 4.74 Å². The Hall–Kier alpha value is -1.89. The van der Waals surface area contributed by atoms with Gasteiger partial charge in [-0.3, -0.25) is 9.69 Å². The Balaban J connectivity index is 1.61. The highest BCUT2D eigenvalue weighted by Gasteiger charge is 2.20. The third-order valence-electron chi connectivity index (χ3n) is 4.28. The number of thioether (sulfide) groups is 1. The van der Waals surface area contributed by atoms with Gasteiger partial charge in [0.15, 0.2) is 0 Å². The molecule has 1 amide bonds. The van der Waals surface area contributed by atoms with E-state index in [0.717, 1.165) is 38.4 Å². The first kappa shape index (κ1) is 18.9. The molecule has 1 aliphatic rings. The molecule has 0 saturated carbocycles. The van der Waals surface area contributed by atoms with Gasteiger partial charge in [-0.2, -0.15) is 0 Å². The molecule has 1 N–H and O–H groups in total. The number of nitrogens with one attached hydrogen (secondary N) is 1. The van der Waals surface area contributed by atoms with Crippen LogP contribution in [0.5, 0.6) is 0 Å². The minimum absolute atomic E-state index is 0.0944. The lowest BCUT2D eigenvalue weighted by Gasteiger charge is -2.31. The number of carbonyl (C=O) groups is 1. The van der Waals surface area contributed by atoms with Gasteiger partial charge in [0.1, 0.15) is 5.82 Å². The van der Waals surface area contributed by atoms with Gasteiger partial charge in [0, 0.05) is 24.5 Å². The average molecular weight is 374 g/mol. The van der Waals surface area contributed by atoms with Gasteiger partial charge < -0.3 is 10.1 Å². The number of hydrogen-bond donors (Lipinski definition) is 1. The van der Waals surface area contributed by atoms with Crippen LogP contribution < -0.4 is 5.32 Å². The van der Waals surface area contributed by atoms with Crippen LogP contribution in [0.15, 0.2) is 59.5 Å². The smallest absolute Gasteiger partial charge is 0.230 e. The highest BCUT2D eigenvalue weighted by Crippen LogP contribution is 2.21.